The molecule has 0 saturated heterocycles. The first-order chi connectivity index (χ1) is 14.0. The number of amides is 1. The van der Waals surface area contributed by atoms with Gasteiger partial charge in [0.25, 0.3) is 5.91 Å². The third-order valence-corrected chi connectivity index (χ3v) is 6.41. The minimum absolute atomic E-state index is 0.190. The van der Waals surface area contributed by atoms with Crippen molar-refractivity contribution in [3.63, 3.8) is 0 Å². The largest absolute Gasteiger partial charge is 0.486 e. The van der Waals surface area contributed by atoms with Crippen LogP contribution in [0.25, 0.3) is 0 Å². The molecule has 1 aliphatic rings. The van der Waals surface area contributed by atoms with Crippen LogP contribution in [0.5, 0.6) is 11.5 Å². The van der Waals surface area contributed by atoms with Crippen LogP contribution in [-0.4, -0.2) is 44.9 Å². The van der Waals surface area contributed by atoms with E-state index in [2.05, 4.69) is 5.32 Å². The molecule has 8 heteroatoms. The van der Waals surface area contributed by atoms with Crippen molar-refractivity contribution in [3.05, 3.63) is 48.0 Å². The molecular formula is C21H26N2O5S. The third-order valence-electron chi connectivity index (χ3n) is 4.50. The second-order valence-corrected chi connectivity index (χ2v) is 8.68. The van der Waals surface area contributed by atoms with Crippen molar-refractivity contribution in [2.75, 3.05) is 31.6 Å². The van der Waals surface area contributed by atoms with Crippen molar-refractivity contribution in [3.8, 4) is 11.5 Å². The van der Waals surface area contributed by atoms with Crippen molar-refractivity contribution in [2.24, 2.45) is 0 Å². The molecule has 0 spiro atoms. The summed E-state index contributed by atoms with van der Waals surface area (Å²) < 4.78 is 38.1. The molecule has 1 heterocycles. The Hall–Kier alpha value is -2.58. The summed E-state index contributed by atoms with van der Waals surface area (Å²) in [6.45, 7) is 5.81. The molecule has 0 bridgehead atoms. The van der Waals surface area contributed by atoms with Crippen LogP contribution >= 0.6 is 0 Å². The van der Waals surface area contributed by atoms with E-state index in [0.29, 0.717) is 49.1 Å². The SMILES string of the molecule is CCCN(CCC)S(=O)(=O)c1ccc(C(=O)Nc2ccc3c(c2)OCCO3)cc1. The standard InChI is InChI=1S/C21H26N2O5S/c1-3-11-23(12-4-2)29(25,26)18-8-5-16(6-9-18)21(24)22-17-7-10-19-20(15-17)28-14-13-27-19/h5-10,15H,3-4,11-14H2,1-2H3,(H,22,24). The maximum Gasteiger partial charge on any atom is 0.255 e. The number of fused-ring (bicyclic) bond motifs is 1. The number of rotatable bonds is 8. The predicted octanol–water partition coefficient (Wildman–Crippen LogP) is 3.52. The van der Waals surface area contributed by atoms with E-state index < -0.39 is 10.0 Å². The van der Waals surface area contributed by atoms with Gasteiger partial charge in [0, 0.05) is 30.4 Å². The predicted molar refractivity (Wildman–Crippen MR) is 111 cm³/mol. The minimum atomic E-state index is -3.57. The van der Waals surface area contributed by atoms with E-state index in [4.69, 9.17) is 9.47 Å². The highest BCUT2D eigenvalue weighted by atomic mass is 32.2. The van der Waals surface area contributed by atoms with Gasteiger partial charge in [-0.15, -0.1) is 0 Å². The van der Waals surface area contributed by atoms with Crippen molar-refractivity contribution in [2.45, 2.75) is 31.6 Å². The van der Waals surface area contributed by atoms with Gasteiger partial charge in [-0.05, 0) is 49.2 Å². The highest BCUT2D eigenvalue weighted by molar-refractivity contribution is 7.89. The molecule has 0 aromatic heterocycles. The first-order valence-corrected chi connectivity index (χ1v) is 11.2. The van der Waals surface area contributed by atoms with Crippen LogP contribution in [0.2, 0.25) is 0 Å². The monoisotopic (exact) mass is 418 g/mol. The molecule has 0 atom stereocenters. The molecule has 0 unspecified atom stereocenters. The Morgan fingerprint density at radius 1 is 0.966 bits per heavy atom. The molecule has 1 aliphatic heterocycles. The van der Waals surface area contributed by atoms with Crippen LogP contribution in [0, 0.1) is 0 Å². The summed E-state index contributed by atoms with van der Waals surface area (Å²) in [4.78, 5) is 12.7. The number of hydrogen-bond donors (Lipinski definition) is 1. The number of nitrogens with zero attached hydrogens (tertiary/aromatic N) is 1. The lowest BCUT2D eigenvalue weighted by Crippen LogP contribution is -2.32. The number of carbonyl (C=O) groups is 1. The summed E-state index contributed by atoms with van der Waals surface area (Å²) in [5.74, 6) is 0.902. The van der Waals surface area contributed by atoms with Crippen LogP contribution in [0.15, 0.2) is 47.4 Å². The third kappa shape index (κ3) is 4.89. The van der Waals surface area contributed by atoms with E-state index >= 15 is 0 Å². The fourth-order valence-electron chi connectivity index (χ4n) is 3.10. The first kappa shape index (κ1) is 21.1. The Balaban J connectivity index is 1.73. The maximum atomic E-state index is 12.8. The van der Waals surface area contributed by atoms with Crippen LogP contribution in [-0.2, 0) is 10.0 Å². The quantitative estimate of drug-likeness (QED) is 0.709. The molecule has 2 aromatic carbocycles. The number of anilines is 1. The van der Waals surface area contributed by atoms with Gasteiger partial charge in [-0.1, -0.05) is 13.8 Å². The lowest BCUT2D eigenvalue weighted by atomic mass is 10.2. The van der Waals surface area contributed by atoms with Gasteiger partial charge in [-0.3, -0.25) is 4.79 Å². The number of sulfonamides is 1. The Morgan fingerprint density at radius 3 is 2.21 bits per heavy atom. The van der Waals surface area contributed by atoms with Gasteiger partial charge < -0.3 is 14.8 Å². The topological polar surface area (TPSA) is 84.9 Å². The Morgan fingerprint density at radius 2 is 1.59 bits per heavy atom. The van der Waals surface area contributed by atoms with E-state index in [1.165, 1.54) is 28.6 Å². The van der Waals surface area contributed by atoms with E-state index in [9.17, 15) is 13.2 Å². The van der Waals surface area contributed by atoms with Crippen LogP contribution in [0.4, 0.5) is 5.69 Å². The highest BCUT2D eigenvalue weighted by Gasteiger charge is 2.23. The van der Waals surface area contributed by atoms with Gasteiger partial charge in [0.05, 0.1) is 4.90 Å². The fourth-order valence-corrected chi connectivity index (χ4v) is 4.73. The highest BCUT2D eigenvalue weighted by Crippen LogP contribution is 2.32. The fraction of sp³-hybridized carbons (Fsp3) is 0.381. The first-order valence-electron chi connectivity index (χ1n) is 9.77. The van der Waals surface area contributed by atoms with E-state index in [1.807, 2.05) is 13.8 Å². The van der Waals surface area contributed by atoms with Crippen molar-refractivity contribution >= 4 is 21.6 Å². The molecular weight excluding hydrogens is 392 g/mol. The molecule has 0 fully saturated rings. The Labute approximate surface area is 171 Å². The molecule has 1 N–H and O–H groups in total. The molecule has 0 aliphatic carbocycles. The van der Waals surface area contributed by atoms with E-state index in [0.717, 1.165) is 12.8 Å². The number of benzene rings is 2. The lowest BCUT2D eigenvalue weighted by Gasteiger charge is -2.21. The van der Waals surface area contributed by atoms with Crippen molar-refractivity contribution in [1.29, 1.82) is 0 Å². The van der Waals surface area contributed by atoms with E-state index in [1.54, 1.807) is 18.2 Å². The Bertz CT molecular complexity index is 952. The van der Waals surface area contributed by atoms with Crippen LogP contribution in [0.3, 0.4) is 0 Å². The normalized spacial score (nSPS) is 13.3. The summed E-state index contributed by atoms with van der Waals surface area (Å²) in [5.41, 5.74) is 0.949. The second-order valence-electron chi connectivity index (χ2n) is 6.74. The van der Waals surface area contributed by atoms with Crippen molar-refractivity contribution < 1.29 is 22.7 Å². The molecule has 7 nitrogen and oxygen atoms in total. The van der Waals surface area contributed by atoms with E-state index in [-0.39, 0.29) is 10.8 Å². The molecule has 1 amide bonds. The van der Waals surface area contributed by atoms with Crippen molar-refractivity contribution in [1.82, 2.24) is 4.31 Å². The minimum Gasteiger partial charge on any atom is -0.486 e. The number of nitrogens with one attached hydrogen (secondary N) is 1. The molecule has 3 rings (SSSR count). The number of carbonyl (C=O) groups excluding carboxylic acids is 1. The molecule has 156 valence electrons. The molecule has 29 heavy (non-hydrogen) atoms. The summed E-state index contributed by atoms with van der Waals surface area (Å²) in [5, 5.41) is 2.80. The van der Waals surface area contributed by atoms with Gasteiger partial charge in [0.15, 0.2) is 11.5 Å². The van der Waals surface area contributed by atoms with Gasteiger partial charge in [-0.25, -0.2) is 8.42 Å². The Kier molecular flexibility index (Phi) is 6.76. The zero-order valence-electron chi connectivity index (χ0n) is 16.7. The summed E-state index contributed by atoms with van der Waals surface area (Å²) in [6, 6.07) is 11.2. The summed E-state index contributed by atoms with van der Waals surface area (Å²) in [7, 11) is -3.57. The average Bonchev–Trinajstić information content (AvgIpc) is 2.73. The maximum absolute atomic E-state index is 12.8. The van der Waals surface area contributed by atoms with Gasteiger partial charge in [0.2, 0.25) is 10.0 Å². The number of ether oxygens (including phenoxy) is 2. The average molecular weight is 419 g/mol. The zero-order valence-corrected chi connectivity index (χ0v) is 17.5. The summed E-state index contributed by atoms with van der Waals surface area (Å²) >= 11 is 0. The van der Waals surface area contributed by atoms with Gasteiger partial charge in [0.1, 0.15) is 13.2 Å². The molecule has 0 radical (unpaired) electrons. The second kappa shape index (κ2) is 9.28. The van der Waals surface area contributed by atoms with Gasteiger partial charge >= 0.3 is 0 Å². The lowest BCUT2D eigenvalue weighted by molar-refractivity contribution is 0.102. The van der Waals surface area contributed by atoms with Crippen LogP contribution in [0.1, 0.15) is 37.0 Å². The molecule has 2 aromatic rings. The molecule has 0 saturated carbocycles. The van der Waals surface area contributed by atoms with Gasteiger partial charge in [-0.2, -0.15) is 4.31 Å². The number of hydrogen-bond acceptors (Lipinski definition) is 5. The zero-order chi connectivity index (χ0) is 20.9. The van der Waals surface area contributed by atoms with Crippen LogP contribution < -0.4 is 14.8 Å². The summed E-state index contributed by atoms with van der Waals surface area (Å²) in [6.07, 6.45) is 1.49. The smallest absolute Gasteiger partial charge is 0.255 e.